The minimum atomic E-state index is -0.712. The molecule has 0 atom stereocenters. The maximum atomic E-state index is 10.7. The lowest BCUT2D eigenvalue weighted by atomic mass is 10.3. The van der Waals surface area contributed by atoms with Gasteiger partial charge >= 0.3 is 5.97 Å². The van der Waals surface area contributed by atoms with E-state index in [9.17, 15) is 4.79 Å². The molecule has 0 radical (unpaired) electrons. The zero-order valence-corrected chi connectivity index (χ0v) is 10.5. The Hall–Kier alpha value is -1.36. The first-order valence-corrected chi connectivity index (χ1v) is 6.70. The predicted octanol–water partition coefficient (Wildman–Crippen LogP) is 1.66. The minimum Gasteiger partial charge on any atom is -0.481 e. The summed E-state index contributed by atoms with van der Waals surface area (Å²) in [4.78, 5) is 17.2. The topological polar surface area (TPSA) is 58.4 Å². The number of hydrogen-bond donors (Lipinski definition) is 1. The van der Waals surface area contributed by atoms with E-state index >= 15 is 0 Å². The molecule has 1 heterocycles. The average Bonchev–Trinajstić information content (AvgIpc) is 3.23. The van der Waals surface area contributed by atoms with Crippen LogP contribution in [0.15, 0.2) is 12.5 Å². The fraction of sp³-hybridized carbons (Fsp3) is 0.692. The van der Waals surface area contributed by atoms with Gasteiger partial charge in [-0.1, -0.05) is 0 Å². The molecular weight excluding hydrogens is 230 g/mol. The van der Waals surface area contributed by atoms with Crippen molar-refractivity contribution in [2.45, 2.75) is 50.7 Å². The van der Waals surface area contributed by atoms with E-state index in [2.05, 4.69) is 14.5 Å². The van der Waals surface area contributed by atoms with E-state index in [0.29, 0.717) is 18.6 Å². The first-order chi connectivity index (χ1) is 8.74. The third-order valence-electron chi connectivity index (χ3n) is 3.73. The number of carbonyl (C=O) groups is 1. The predicted molar refractivity (Wildman–Crippen MR) is 66.2 cm³/mol. The third kappa shape index (κ3) is 2.72. The molecule has 1 aromatic rings. The van der Waals surface area contributed by atoms with Gasteiger partial charge in [-0.3, -0.25) is 9.69 Å². The third-order valence-corrected chi connectivity index (χ3v) is 3.73. The minimum absolute atomic E-state index is 0.230. The summed E-state index contributed by atoms with van der Waals surface area (Å²) in [7, 11) is 0. The van der Waals surface area contributed by atoms with Crippen molar-refractivity contribution in [2.24, 2.45) is 0 Å². The van der Waals surface area contributed by atoms with Crippen LogP contribution in [0.25, 0.3) is 0 Å². The molecule has 2 aliphatic carbocycles. The Balaban J connectivity index is 1.63. The number of carboxylic acid groups (broad SMARTS) is 1. The largest absolute Gasteiger partial charge is 0.481 e. The molecular formula is C13H19N3O2. The number of rotatable bonds is 7. The summed E-state index contributed by atoms with van der Waals surface area (Å²) in [5, 5.41) is 8.80. The van der Waals surface area contributed by atoms with E-state index < -0.39 is 5.97 Å². The van der Waals surface area contributed by atoms with Gasteiger partial charge < -0.3 is 9.67 Å². The molecule has 1 N–H and O–H groups in total. The Labute approximate surface area is 106 Å². The average molecular weight is 249 g/mol. The number of hydrogen-bond acceptors (Lipinski definition) is 3. The molecule has 0 amide bonds. The quantitative estimate of drug-likeness (QED) is 0.798. The Kier molecular flexibility index (Phi) is 3.07. The van der Waals surface area contributed by atoms with Crippen LogP contribution in [0, 0.1) is 0 Å². The van der Waals surface area contributed by atoms with Crippen molar-refractivity contribution in [3.05, 3.63) is 18.2 Å². The summed E-state index contributed by atoms with van der Waals surface area (Å²) < 4.78 is 2.26. The van der Waals surface area contributed by atoms with Crippen LogP contribution >= 0.6 is 0 Å². The van der Waals surface area contributed by atoms with Gasteiger partial charge in [0.05, 0.1) is 18.4 Å². The van der Waals surface area contributed by atoms with Crippen LogP contribution in [-0.2, 0) is 11.3 Å². The molecule has 18 heavy (non-hydrogen) atoms. The van der Waals surface area contributed by atoms with Crippen molar-refractivity contribution in [3.8, 4) is 0 Å². The fourth-order valence-electron chi connectivity index (χ4n) is 2.41. The molecule has 0 unspecified atom stereocenters. The molecule has 0 saturated heterocycles. The van der Waals surface area contributed by atoms with Gasteiger partial charge in [-0.15, -0.1) is 0 Å². The summed E-state index contributed by atoms with van der Waals surface area (Å²) in [5.41, 5.74) is 1.23. The Morgan fingerprint density at radius 2 is 2.22 bits per heavy atom. The molecule has 2 aliphatic rings. The number of imidazole rings is 1. The number of aromatic nitrogens is 2. The van der Waals surface area contributed by atoms with Crippen molar-refractivity contribution in [1.29, 1.82) is 0 Å². The highest BCUT2D eigenvalue weighted by atomic mass is 16.4. The van der Waals surface area contributed by atoms with E-state index in [4.69, 9.17) is 5.11 Å². The van der Waals surface area contributed by atoms with Gasteiger partial charge in [0.25, 0.3) is 0 Å². The van der Waals surface area contributed by atoms with Crippen molar-refractivity contribution >= 4 is 5.97 Å². The molecule has 0 bridgehead atoms. The molecule has 5 nitrogen and oxygen atoms in total. The fourth-order valence-corrected chi connectivity index (χ4v) is 2.41. The lowest BCUT2D eigenvalue weighted by Gasteiger charge is -2.21. The van der Waals surface area contributed by atoms with Crippen LogP contribution in [0.3, 0.4) is 0 Å². The van der Waals surface area contributed by atoms with Gasteiger partial charge in [0.15, 0.2) is 0 Å². The second kappa shape index (κ2) is 4.72. The second-order valence-electron chi connectivity index (χ2n) is 5.37. The van der Waals surface area contributed by atoms with Crippen molar-refractivity contribution < 1.29 is 9.90 Å². The van der Waals surface area contributed by atoms with Gasteiger partial charge in [-0.05, 0) is 25.7 Å². The maximum absolute atomic E-state index is 10.7. The van der Waals surface area contributed by atoms with Gasteiger partial charge in [0.1, 0.15) is 0 Å². The van der Waals surface area contributed by atoms with Crippen LogP contribution in [0.2, 0.25) is 0 Å². The number of nitrogens with zero attached hydrogens (tertiary/aromatic N) is 3. The van der Waals surface area contributed by atoms with Gasteiger partial charge in [-0.2, -0.15) is 0 Å². The molecule has 0 spiro atoms. The zero-order chi connectivity index (χ0) is 12.5. The molecule has 2 saturated carbocycles. The van der Waals surface area contributed by atoms with Crippen LogP contribution in [-0.4, -0.2) is 38.1 Å². The molecule has 0 aromatic carbocycles. The Morgan fingerprint density at radius 3 is 2.83 bits per heavy atom. The second-order valence-corrected chi connectivity index (χ2v) is 5.37. The summed E-state index contributed by atoms with van der Waals surface area (Å²) >= 11 is 0. The van der Waals surface area contributed by atoms with E-state index in [-0.39, 0.29) is 6.42 Å². The van der Waals surface area contributed by atoms with Crippen molar-refractivity contribution in [2.75, 3.05) is 6.54 Å². The first-order valence-electron chi connectivity index (χ1n) is 6.70. The van der Waals surface area contributed by atoms with Gasteiger partial charge in [0, 0.05) is 31.4 Å². The highest BCUT2D eigenvalue weighted by Gasteiger charge is 2.31. The SMILES string of the molecule is O=C(O)CCN(Cc1cncn1C1CC1)C1CC1. The zero-order valence-electron chi connectivity index (χ0n) is 10.5. The molecule has 5 heteroatoms. The summed E-state index contributed by atoms with van der Waals surface area (Å²) in [6, 6.07) is 1.23. The number of carboxylic acids is 1. The van der Waals surface area contributed by atoms with Gasteiger partial charge in [0.2, 0.25) is 0 Å². The Bertz CT molecular complexity index is 435. The molecule has 2 fully saturated rings. The highest BCUT2D eigenvalue weighted by molar-refractivity contribution is 5.66. The standard InChI is InChI=1S/C13H19N3O2/c17-13(18)5-6-15(10-1-2-10)8-12-7-14-9-16(12)11-3-4-11/h7,9-11H,1-6,8H2,(H,17,18). The van der Waals surface area contributed by atoms with E-state index in [0.717, 1.165) is 6.54 Å². The summed E-state index contributed by atoms with van der Waals surface area (Å²) in [6.45, 7) is 1.49. The lowest BCUT2D eigenvalue weighted by molar-refractivity contribution is -0.137. The maximum Gasteiger partial charge on any atom is 0.304 e. The smallest absolute Gasteiger partial charge is 0.304 e. The monoisotopic (exact) mass is 249 g/mol. The van der Waals surface area contributed by atoms with Crippen LogP contribution < -0.4 is 0 Å². The van der Waals surface area contributed by atoms with Gasteiger partial charge in [-0.25, -0.2) is 4.98 Å². The molecule has 1 aromatic heterocycles. The van der Waals surface area contributed by atoms with Crippen LogP contribution in [0.1, 0.15) is 43.8 Å². The highest BCUT2D eigenvalue weighted by Crippen LogP contribution is 2.36. The lowest BCUT2D eigenvalue weighted by Crippen LogP contribution is -2.29. The van der Waals surface area contributed by atoms with Crippen LogP contribution in [0.4, 0.5) is 0 Å². The molecule has 0 aliphatic heterocycles. The number of aliphatic carboxylic acids is 1. The molecule has 98 valence electrons. The van der Waals surface area contributed by atoms with E-state index in [1.165, 1.54) is 31.4 Å². The van der Waals surface area contributed by atoms with Crippen LogP contribution in [0.5, 0.6) is 0 Å². The van der Waals surface area contributed by atoms with Crippen molar-refractivity contribution in [3.63, 3.8) is 0 Å². The van der Waals surface area contributed by atoms with E-state index in [1.54, 1.807) is 0 Å². The summed E-state index contributed by atoms with van der Waals surface area (Å²) in [6.07, 6.45) is 8.98. The Morgan fingerprint density at radius 1 is 1.44 bits per heavy atom. The first kappa shape index (κ1) is 11.7. The molecule has 3 rings (SSSR count). The van der Waals surface area contributed by atoms with E-state index in [1.807, 2.05) is 12.5 Å². The summed E-state index contributed by atoms with van der Waals surface area (Å²) in [5.74, 6) is -0.712. The normalized spacial score (nSPS) is 19.4. The van der Waals surface area contributed by atoms with Crippen molar-refractivity contribution in [1.82, 2.24) is 14.5 Å².